The summed E-state index contributed by atoms with van der Waals surface area (Å²) in [4.78, 5) is 28.2. The number of hydrogen-bond donors (Lipinski definition) is 0. The van der Waals surface area contributed by atoms with Crippen molar-refractivity contribution >= 4 is 21.7 Å². The molecule has 0 bridgehead atoms. The van der Waals surface area contributed by atoms with Gasteiger partial charge in [0, 0.05) is 38.0 Å². The van der Waals surface area contributed by atoms with Crippen LogP contribution in [0.1, 0.15) is 31.8 Å². The molecule has 10 heteroatoms. The van der Waals surface area contributed by atoms with Crippen molar-refractivity contribution in [3.63, 3.8) is 0 Å². The van der Waals surface area contributed by atoms with E-state index in [9.17, 15) is 31.2 Å². The Morgan fingerprint density at radius 1 is 0.871 bits per heavy atom. The predicted octanol–water partition coefficient (Wildman–Crippen LogP) is 2.85. The van der Waals surface area contributed by atoms with Gasteiger partial charge in [-0.15, -0.1) is 0 Å². The van der Waals surface area contributed by atoms with Gasteiger partial charge in [-0.25, -0.2) is 8.42 Å². The van der Waals surface area contributed by atoms with Crippen molar-refractivity contribution in [2.24, 2.45) is 0 Å². The molecule has 1 aliphatic rings. The molecule has 0 saturated carbocycles. The highest BCUT2D eigenvalue weighted by Gasteiger charge is 2.36. The zero-order chi connectivity index (χ0) is 22.8. The number of nitrogens with zero attached hydrogens (tertiary/aromatic N) is 2. The number of carbonyl (C=O) groups is 2. The molecule has 1 heterocycles. The second-order valence-electron chi connectivity index (χ2n) is 7.39. The van der Waals surface area contributed by atoms with E-state index in [2.05, 4.69) is 0 Å². The number of hydrogen-bond acceptors (Lipinski definition) is 4. The third kappa shape index (κ3) is 5.63. The summed E-state index contributed by atoms with van der Waals surface area (Å²) in [5.41, 5.74) is -0.443. The van der Waals surface area contributed by atoms with E-state index in [0.717, 1.165) is 18.4 Å². The van der Waals surface area contributed by atoms with Crippen LogP contribution in [0.25, 0.3) is 0 Å². The largest absolute Gasteiger partial charge is 0.417 e. The van der Waals surface area contributed by atoms with Crippen LogP contribution in [0.5, 0.6) is 0 Å². The standard InChI is InChI=1S/C21H21F3N2O4S/c1-31(29,30)14-15-6-8-16(9-7-15)19(27)25-10-12-26(13-11-25)20(28)17-4-2-3-5-18(17)21(22,23)24/h2-9H,10-14H2,1H3. The van der Waals surface area contributed by atoms with Gasteiger partial charge >= 0.3 is 6.18 Å². The molecule has 0 radical (unpaired) electrons. The highest BCUT2D eigenvalue weighted by Crippen LogP contribution is 2.32. The Hall–Kier alpha value is -2.88. The molecule has 0 aromatic heterocycles. The monoisotopic (exact) mass is 454 g/mol. The summed E-state index contributed by atoms with van der Waals surface area (Å²) in [7, 11) is -3.18. The van der Waals surface area contributed by atoms with Gasteiger partial charge < -0.3 is 9.80 Å². The van der Waals surface area contributed by atoms with Gasteiger partial charge in [0.05, 0.1) is 16.9 Å². The molecule has 166 valence electrons. The van der Waals surface area contributed by atoms with Crippen molar-refractivity contribution in [1.29, 1.82) is 0 Å². The summed E-state index contributed by atoms with van der Waals surface area (Å²) in [6.45, 7) is 0.597. The highest BCUT2D eigenvalue weighted by molar-refractivity contribution is 7.89. The summed E-state index contributed by atoms with van der Waals surface area (Å²) in [5, 5.41) is 0. The number of rotatable bonds is 4. The molecule has 1 saturated heterocycles. The van der Waals surface area contributed by atoms with Crippen LogP contribution < -0.4 is 0 Å². The minimum absolute atomic E-state index is 0.114. The number of sulfone groups is 1. The van der Waals surface area contributed by atoms with E-state index in [0.29, 0.717) is 11.1 Å². The molecule has 0 unspecified atom stereocenters. The summed E-state index contributed by atoms with van der Waals surface area (Å²) >= 11 is 0. The molecular weight excluding hydrogens is 433 g/mol. The van der Waals surface area contributed by atoms with E-state index in [1.807, 2.05) is 0 Å². The van der Waals surface area contributed by atoms with Crippen LogP contribution >= 0.6 is 0 Å². The third-order valence-corrected chi connectivity index (χ3v) is 5.80. The fourth-order valence-corrected chi connectivity index (χ4v) is 4.23. The van der Waals surface area contributed by atoms with Crippen LogP contribution in [-0.4, -0.2) is 62.5 Å². The molecule has 3 rings (SSSR count). The van der Waals surface area contributed by atoms with Crippen molar-refractivity contribution < 1.29 is 31.2 Å². The number of halogens is 3. The second-order valence-corrected chi connectivity index (χ2v) is 9.53. The Bertz CT molecular complexity index is 1070. The van der Waals surface area contributed by atoms with Crippen molar-refractivity contribution in [3.8, 4) is 0 Å². The maximum atomic E-state index is 13.2. The molecular formula is C21H21F3N2O4S. The Balaban J connectivity index is 1.65. The van der Waals surface area contributed by atoms with Crippen molar-refractivity contribution in [2.45, 2.75) is 11.9 Å². The minimum Gasteiger partial charge on any atom is -0.335 e. The van der Waals surface area contributed by atoms with Gasteiger partial charge in [0.1, 0.15) is 0 Å². The van der Waals surface area contributed by atoms with Gasteiger partial charge in [-0.1, -0.05) is 24.3 Å². The molecule has 6 nitrogen and oxygen atoms in total. The third-order valence-electron chi connectivity index (χ3n) is 4.95. The molecule has 0 spiro atoms. The van der Waals surface area contributed by atoms with Gasteiger partial charge in [0.15, 0.2) is 9.84 Å². The molecule has 2 amide bonds. The Morgan fingerprint density at radius 3 is 1.90 bits per heavy atom. The van der Waals surface area contributed by atoms with E-state index in [-0.39, 0.29) is 37.8 Å². The molecule has 0 atom stereocenters. The van der Waals surface area contributed by atoms with Crippen LogP contribution in [0.15, 0.2) is 48.5 Å². The molecule has 2 aromatic carbocycles. The SMILES string of the molecule is CS(=O)(=O)Cc1ccc(C(=O)N2CCN(C(=O)c3ccccc3C(F)(F)F)CC2)cc1. The number of alkyl halides is 3. The van der Waals surface area contributed by atoms with Gasteiger partial charge in [-0.3, -0.25) is 9.59 Å². The van der Waals surface area contributed by atoms with E-state index in [1.54, 1.807) is 24.3 Å². The minimum atomic E-state index is -4.63. The molecule has 2 aromatic rings. The quantitative estimate of drug-likeness (QED) is 0.712. The van der Waals surface area contributed by atoms with Crippen LogP contribution in [-0.2, 0) is 21.8 Å². The molecule has 1 aliphatic heterocycles. The van der Waals surface area contributed by atoms with Crippen molar-refractivity contribution in [1.82, 2.24) is 9.80 Å². The maximum absolute atomic E-state index is 13.2. The lowest BCUT2D eigenvalue weighted by Crippen LogP contribution is -2.50. The summed E-state index contributed by atoms with van der Waals surface area (Å²) in [6, 6.07) is 10.9. The average Bonchev–Trinajstić information content (AvgIpc) is 2.71. The second kappa shape index (κ2) is 8.70. The van der Waals surface area contributed by atoms with Gasteiger partial charge in [-0.05, 0) is 29.8 Å². The fraction of sp³-hybridized carbons (Fsp3) is 0.333. The fourth-order valence-electron chi connectivity index (χ4n) is 3.43. The molecule has 0 aliphatic carbocycles. The molecule has 1 fully saturated rings. The first-order valence-corrected chi connectivity index (χ1v) is 11.5. The van der Waals surface area contributed by atoms with Crippen molar-refractivity contribution in [3.05, 3.63) is 70.8 Å². The smallest absolute Gasteiger partial charge is 0.335 e. The van der Waals surface area contributed by atoms with Crippen molar-refractivity contribution in [2.75, 3.05) is 32.4 Å². The van der Waals surface area contributed by atoms with Crippen LogP contribution in [0.2, 0.25) is 0 Å². The summed E-state index contributed by atoms with van der Waals surface area (Å²) in [5.74, 6) is -1.12. The first kappa shape index (κ1) is 22.8. The summed E-state index contributed by atoms with van der Waals surface area (Å²) in [6.07, 6.45) is -3.51. The van der Waals surface area contributed by atoms with Crippen LogP contribution in [0.4, 0.5) is 13.2 Å². The zero-order valence-corrected chi connectivity index (χ0v) is 17.5. The average molecular weight is 454 g/mol. The van der Waals surface area contributed by atoms with E-state index < -0.39 is 33.0 Å². The highest BCUT2D eigenvalue weighted by atomic mass is 32.2. The van der Waals surface area contributed by atoms with Crippen LogP contribution in [0.3, 0.4) is 0 Å². The lowest BCUT2D eigenvalue weighted by atomic mass is 10.1. The first-order chi connectivity index (χ1) is 14.5. The van der Waals surface area contributed by atoms with Gasteiger partial charge in [0.25, 0.3) is 11.8 Å². The number of carbonyl (C=O) groups excluding carboxylic acids is 2. The topological polar surface area (TPSA) is 74.8 Å². The van der Waals surface area contributed by atoms with E-state index in [4.69, 9.17) is 0 Å². The zero-order valence-electron chi connectivity index (χ0n) is 16.7. The number of benzene rings is 2. The van der Waals surface area contributed by atoms with Gasteiger partial charge in [0.2, 0.25) is 0 Å². The first-order valence-electron chi connectivity index (χ1n) is 9.47. The number of piperazine rings is 1. The van der Waals surface area contributed by atoms with Crippen LogP contribution in [0, 0.1) is 0 Å². The lowest BCUT2D eigenvalue weighted by Gasteiger charge is -2.35. The Morgan fingerprint density at radius 2 is 1.39 bits per heavy atom. The Kier molecular flexibility index (Phi) is 6.40. The van der Waals surface area contributed by atoms with Gasteiger partial charge in [-0.2, -0.15) is 13.2 Å². The molecule has 0 N–H and O–H groups in total. The summed E-state index contributed by atoms with van der Waals surface area (Å²) < 4.78 is 62.3. The van der Waals surface area contributed by atoms with E-state index in [1.165, 1.54) is 21.9 Å². The number of amides is 2. The molecule has 31 heavy (non-hydrogen) atoms. The Labute approximate surface area is 178 Å². The maximum Gasteiger partial charge on any atom is 0.417 e. The predicted molar refractivity (Wildman–Crippen MR) is 108 cm³/mol. The normalized spacial score (nSPS) is 15.1. The lowest BCUT2D eigenvalue weighted by molar-refractivity contribution is -0.138. The van der Waals surface area contributed by atoms with E-state index >= 15 is 0 Å².